The summed E-state index contributed by atoms with van der Waals surface area (Å²) in [5.41, 5.74) is 0.891. The van der Waals surface area contributed by atoms with Crippen LogP contribution in [0, 0.1) is 0 Å². The summed E-state index contributed by atoms with van der Waals surface area (Å²) in [6.45, 7) is 1.38. The Bertz CT molecular complexity index is 592. The average molecular weight is 330 g/mol. The number of alkyl halides is 2. The molecule has 0 aliphatic rings. The SMILES string of the molecule is C/C(=C/C(O)(CCc1ccccc1)CCc1ccccc1)C(F)F. The molecule has 0 atom stereocenters. The maximum absolute atomic E-state index is 12.9. The van der Waals surface area contributed by atoms with Gasteiger partial charge in [0.1, 0.15) is 0 Å². The first kappa shape index (κ1) is 18.3. The standard InChI is InChI=1S/C21H24F2O/c1-17(20(22)23)16-21(24,14-12-18-8-4-2-5-9-18)15-13-19-10-6-3-7-11-19/h2-11,16,20,24H,12-15H2,1H3/b17-16-. The molecule has 0 saturated carbocycles. The van der Waals surface area contributed by atoms with Crippen LogP contribution in [0.25, 0.3) is 0 Å². The Morgan fingerprint density at radius 3 is 1.71 bits per heavy atom. The van der Waals surface area contributed by atoms with E-state index >= 15 is 0 Å². The Morgan fingerprint density at radius 1 is 0.917 bits per heavy atom. The summed E-state index contributed by atoms with van der Waals surface area (Å²) >= 11 is 0. The molecule has 0 bridgehead atoms. The maximum atomic E-state index is 12.9. The van der Waals surface area contributed by atoms with E-state index in [0.717, 1.165) is 11.1 Å². The van der Waals surface area contributed by atoms with Gasteiger partial charge in [0.25, 0.3) is 6.43 Å². The summed E-state index contributed by atoms with van der Waals surface area (Å²) in [6, 6.07) is 19.6. The zero-order chi connectivity index (χ0) is 17.4. The van der Waals surface area contributed by atoms with E-state index in [1.54, 1.807) is 0 Å². The lowest BCUT2D eigenvalue weighted by Crippen LogP contribution is -2.28. The Kier molecular flexibility index (Phi) is 6.68. The van der Waals surface area contributed by atoms with Gasteiger partial charge in [0.15, 0.2) is 0 Å². The number of hydrogen-bond acceptors (Lipinski definition) is 1. The number of halogens is 2. The number of aryl methyl sites for hydroxylation is 2. The van der Waals surface area contributed by atoms with E-state index in [1.807, 2.05) is 60.7 Å². The molecule has 0 unspecified atom stereocenters. The molecule has 0 aromatic heterocycles. The molecule has 0 aliphatic carbocycles. The summed E-state index contributed by atoms with van der Waals surface area (Å²) in [4.78, 5) is 0. The van der Waals surface area contributed by atoms with Crippen LogP contribution in [0.2, 0.25) is 0 Å². The monoisotopic (exact) mass is 330 g/mol. The first-order valence-electron chi connectivity index (χ1n) is 8.26. The first-order valence-corrected chi connectivity index (χ1v) is 8.26. The van der Waals surface area contributed by atoms with Gasteiger partial charge in [-0.25, -0.2) is 8.78 Å². The van der Waals surface area contributed by atoms with Gasteiger partial charge in [-0.2, -0.15) is 0 Å². The minimum atomic E-state index is -2.54. The van der Waals surface area contributed by atoms with Crippen LogP contribution in [0.5, 0.6) is 0 Å². The van der Waals surface area contributed by atoms with E-state index in [0.29, 0.717) is 25.7 Å². The molecule has 2 aromatic carbocycles. The third kappa shape index (κ3) is 5.89. The van der Waals surface area contributed by atoms with Crippen LogP contribution >= 0.6 is 0 Å². The summed E-state index contributed by atoms with van der Waals surface area (Å²) in [7, 11) is 0. The highest BCUT2D eigenvalue weighted by Crippen LogP contribution is 2.25. The summed E-state index contributed by atoms with van der Waals surface area (Å²) in [6.07, 6.45) is 0.967. The first-order chi connectivity index (χ1) is 11.5. The number of rotatable bonds is 8. The Balaban J connectivity index is 2.09. The van der Waals surface area contributed by atoms with Crippen molar-refractivity contribution in [2.75, 3.05) is 0 Å². The van der Waals surface area contributed by atoms with Crippen molar-refractivity contribution in [3.8, 4) is 0 Å². The van der Waals surface area contributed by atoms with Gasteiger partial charge in [-0.15, -0.1) is 0 Å². The van der Waals surface area contributed by atoms with E-state index < -0.39 is 12.0 Å². The van der Waals surface area contributed by atoms with Crippen LogP contribution in [0.3, 0.4) is 0 Å². The molecule has 0 amide bonds. The lowest BCUT2D eigenvalue weighted by molar-refractivity contribution is 0.0689. The Hall–Kier alpha value is -2.00. The van der Waals surface area contributed by atoms with Gasteiger partial charge in [-0.3, -0.25) is 0 Å². The molecule has 0 heterocycles. The molecule has 0 saturated heterocycles. The van der Waals surface area contributed by atoms with E-state index in [4.69, 9.17) is 0 Å². The van der Waals surface area contributed by atoms with Crippen molar-refractivity contribution in [3.63, 3.8) is 0 Å². The topological polar surface area (TPSA) is 20.2 Å². The zero-order valence-electron chi connectivity index (χ0n) is 14.0. The second-order valence-electron chi connectivity index (χ2n) is 6.26. The van der Waals surface area contributed by atoms with Crippen molar-refractivity contribution in [2.24, 2.45) is 0 Å². The van der Waals surface area contributed by atoms with E-state index in [-0.39, 0.29) is 5.57 Å². The quantitative estimate of drug-likeness (QED) is 0.660. The highest BCUT2D eigenvalue weighted by molar-refractivity contribution is 5.19. The van der Waals surface area contributed by atoms with Crippen LogP contribution in [0.4, 0.5) is 8.78 Å². The molecule has 128 valence electrons. The maximum Gasteiger partial charge on any atom is 0.259 e. The minimum absolute atomic E-state index is 0.0707. The van der Waals surface area contributed by atoms with Crippen molar-refractivity contribution < 1.29 is 13.9 Å². The van der Waals surface area contributed by atoms with Gasteiger partial charge in [-0.05, 0) is 55.4 Å². The summed E-state index contributed by atoms with van der Waals surface area (Å²) in [5.74, 6) is 0. The highest BCUT2D eigenvalue weighted by atomic mass is 19.3. The van der Waals surface area contributed by atoms with Crippen molar-refractivity contribution in [2.45, 2.75) is 44.6 Å². The molecule has 3 heteroatoms. The molecule has 1 nitrogen and oxygen atoms in total. The Morgan fingerprint density at radius 2 is 1.33 bits per heavy atom. The predicted octanol–water partition coefficient (Wildman–Crippen LogP) is 5.19. The molecule has 0 fully saturated rings. The molecular formula is C21H24F2O. The second-order valence-corrected chi connectivity index (χ2v) is 6.26. The fraction of sp³-hybridized carbons (Fsp3) is 0.333. The third-order valence-corrected chi connectivity index (χ3v) is 4.22. The molecule has 0 aliphatic heterocycles. The molecule has 24 heavy (non-hydrogen) atoms. The van der Waals surface area contributed by atoms with Gasteiger partial charge in [0.2, 0.25) is 0 Å². The number of allylic oxidation sites excluding steroid dienone is 1. The van der Waals surface area contributed by atoms with Crippen LogP contribution < -0.4 is 0 Å². The normalized spacial score (nSPS) is 12.6. The number of hydrogen-bond donors (Lipinski definition) is 1. The van der Waals surface area contributed by atoms with E-state index in [9.17, 15) is 13.9 Å². The van der Waals surface area contributed by atoms with Gasteiger partial charge < -0.3 is 5.11 Å². The average Bonchev–Trinajstić information content (AvgIpc) is 2.60. The minimum Gasteiger partial charge on any atom is -0.386 e. The van der Waals surface area contributed by atoms with Crippen LogP contribution in [-0.4, -0.2) is 17.1 Å². The van der Waals surface area contributed by atoms with Crippen molar-refractivity contribution in [1.82, 2.24) is 0 Å². The molecule has 2 rings (SSSR count). The van der Waals surface area contributed by atoms with E-state index in [2.05, 4.69) is 0 Å². The van der Waals surface area contributed by atoms with Gasteiger partial charge >= 0.3 is 0 Å². The lowest BCUT2D eigenvalue weighted by Gasteiger charge is -2.26. The zero-order valence-corrected chi connectivity index (χ0v) is 14.0. The van der Waals surface area contributed by atoms with Crippen LogP contribution in [-0.2, 0) is 12.8 Å². The van der Waals surface area contributed by atoms with Gasteiger partial charge in [-0.1, -0.05) is 60.7 Å². The molecule has 1 N–H and O–H groups in total. The molecule has 2 aromatic rings. The second kappa shape index (κ2) is 8.74. The lowest BCUT2D eigenvalue weighted by atomic mass is 9.87. The van der Waals surface area contributed by atoms with Gasteiger partial charge in [0.05, 0.1) is 5.60 Å². The predicted molar refractivity (Wildman–Crippen MR) is 94.2 cm³/mol. The van der Waals surface area contributed by atoms with Crippen molar-refractivity contribution >= 4 is 0 Å². The highest BCUT2D eigenvalue weighted by Gasteiger charge is 2.25. The molecular weight excluding hydrogens is 306 g/mol. The van der Waals surface area contributed by atoms with E-state index in [1.165, 1.54) is 13.0 Å². The number of aliphatic hydroxyl groups is 1. The molecule has 0 radical (unpaired) electrons. The van der Waals surface area contributed by atoms with Crippen LogP contribution in [0.1, 0.15) is 30.9 Å². The summed E-state index contributed by atoms with van der Waals surface area (Å²) < 4.78 is 25.8. The van der Waals surface area contributed by atoms with Gasteiger partial charge in [0, 0.05) is 0 Å². The molecule has 0 spiro atoms. The summed E-state index contributed by atoms with van der Waals surface area (Å²) in [5, 5.41) is 10.9. The fourth-order valence-electron chi connectivity index (χ4n) is 2.77. The smallest absolute Gasteiger partial charge is 0.259 e. The van der Waals surface area contributed by atoms with Crippen LogP contribution in [0.15, 0.2) is 72.3 Å². The largest absolute Gasteiger partial charge is 0.386 e. The Labute approximate surface area is 142 Å². The third-order valence-electron chi connectivity index (χ3n) is 4.22. The fourth-order valence-corrected chi connectivity index (χ4v) is 2.77. The van der Waals surface area contributed by atoms with Crippen molar-refractivity contribution in [3.05, 3.63) is 83.4 Å². The van der Waals surface area contributed by atoms with Crippen molar-refractivity contribution in [1.29, 1.82) is 0 Å². The number of benzene rings is 2.